The van der Waals surface area contributed by atoms with Gasteiger partial charge < -0.3 is 10.5 Å². The van der Waals surface area contributed by atoms with Crippen LogP contribution in [0.2, 0.25) is 0 Å². The molecule has 0 fully saturated rings. The molecule has 0 heterocycles. The zero-order valence-corrected chi connectivity index (χ0v) is 9.19. The number of nitrogens with two attached hydrogens (primary N) is 1. The standard InChI is InChI=1S/C12H17NO2/c1-9(13)3-8-12(14)10-4-6-11(15-2)7-5-10/h4-7,9H,3,8,13H2,1-2H3/t9-/m0/s1. The lowest BCUT2D eigenvalue weighted by Crippen LogP contribution is -2.16. The maximum absolute atomic E-state index is 11.7. The third-order valence-electron chi connectivity index (χ3n) is 2.24. The lowest BCUT2D eigenvalue weighted by Gasteiger charge is -2.05. The number of hydrogen-bond donors (Lipinski definition) is 1. The van der Waals surface area contributed by atoms with Crippen LogP contribution in [0.5, 0.6) is 5.75 Å². The molecule has 0 aliphatic rings. The van der Waals surface area contributed by atoms with Gasteiger partial charge in [-0.15, -0.1) is 0 Å². The highest BCUT2D eigenvalue weighted by Crippen LogP contribution is 2.13. The molecule has 0 saturated heterocycles. The molecule has 3 heteroatoms. The summed E-state index contributed by atoms with van der Waals surface area (Å²) in [5, 5.41) is 0. The maximum atomic E-state index is 11.7. The number of ketones is 1. The number of carbonyl (C=O) groups is 1. The van der Waals surface area contributed by atoms with E-state index in [1.54, 1.807) is 31.4 Å². The second-order valence-electron chi connectivity index (χ2n) is 3.67. The van der Waals surface area contributed by atoms with Gasteiger partial charge in [0.15, 0.2) is 5.78 Å². The van der Waals surface area contributed by atoms with Crippen molar-refractivity contribution >= 4 is 5.78 Å². The fourth-order valence-corrected chi connectivity index (χ4v) is 1.28. The predicted molar refractivity (Wildman–Crippen MR) is 60.2 cm³/mol. The Hall–Kier alpha value is -1.35. The molecular formula is C12H17NO2. The van der Waals surface area contributed by atoms with E-state index in [9.17, 15) is 4.79 Å². The molecule has 1 aromatic rings. The van der Waals surface area contributed by atoms with Crippen LogP contribution in [0.25, 0.3) is 0 Å². The van der Waals surface area contributed by atoms with Gasteiger partial charge in [0, 0.05) is 18.0 Å². The van der Waals surface area contributed by atoms with Gasteiger partial charge in [0.2, 0.25) is 0 Å². The van der Waals surface area contributed by atoms with E-state index >= 15 is 0 Å². The van der Waals surface area contributed by atoms with Crippen LogP contribution in [0.1, 0.15) is 30.1 Å². The molecule has 1 atom stereocenters. The molecule has 0 aliphatic heterocycles. The molecule has 0 aliphatic carbocycles. The van der Waals surface area contributed by atoms with Gasteiger partial charge in [0.05, 0.1) is 7.11 Å². The highest BCUT2D eigenvalue weighted by molar-refractivity contribution is 5.96. The average Bonchev–Trinajstić information content (AvgIpc) is 2.26. The maximum Gasteiger partial charge on any atom is 0.162 e. The second kappa shape index (κ2) is 5.51. The van der Waals surface area contributed by atoms with Crippen LogP contribution < -0.4 is 10.5 Å². The Labute approximate surface area is 90.2 Å². The van der Waals surface area contributed by atoms with Crippen molar-refractivity contribution in [3.05, 3.63) is 29.8 Å². The van der Waals surface area contributed by atoms with E-state index in [1.165, 1.54) is 0 Å². The molecule has 0 radical (unpaired) electrons. The van der Waals surface area contributed by atoms with Crippen LogP contribution in [0, 0.1) is 0 Å². The van der Waals surface area contributed by atoms with Gasteiger partial charge in [0.25, 0.3) is 0 Å². The van der Waals surface area contributed by atoms with Crippen molar-refractivity contribution in [2.45, 2.75) is 25.8 Å². The molecule has 0 bridgehead atoms. The summed E-state index contributed by atoms with van der Waals surface area (Å²) in [6, 6.07) is 7.22. The van der Waals surface area contributed by atoms with Crippen molar-refractivity contribution in [1.82, 2.24) is 0 Å². The normalized spacial score (nSPS) is 12.2. The van der Waals surface area contributed by atoms with E-state index in [0.717, 1.165) is 17.7 Å². The number of methoxy groups -OCH3 is 1. The summed E-state index contributed by atoms with van der Waals surface area (Å²) in [6.07, 6.45) is 1.23. The first-order valence-electron chi connectivity index (χ1n) is 5.06. The zero-order valence-electron chi connectivity index (χ0n) is 9.19. The fourth-order valence-electron chi connectivity index (χ4n) is 1.28. The van der Waals surface area contributed by atoms with Gasteiger partial charge in [-0.1, -0.05) is 0 Å². The van der Waals surface area contributed by atoms with Gasteiger partial charge in [0.1, 0.15) is 5.75 Å². The van der Waals surface area contributed by atoms with Crippen molar-refractivity contribution in [3.8, 4) is 5.75 Å². The largest absolute Gasteiger partial charge is 0.497 e. The van der Waals surface area contributed by atoms with Crippen LogP contribution in [-0.4, -0.2) is 18.9 Å². The van der Waals surface area contributed by atoms with E-state index in [2.05, 4.69) is 0 Å². The highest BCUT2D eigenvalue weighted by atomic mass is 16.5. The Kier molecular flexibility index (Phi) is 4.31. The predicted octanol–water partition coefficient (Wildman–Crippen LogP) is 2.01. The minimum atomic E-state index is 0.0761. The van der Waals surface area contributed by atoms with Crippen LogP contribution >= 0.6 is 0 Å². The number of hydrogen-bond acceptors (Lipinski definition) is 3. The van der Waals surface area contributed by atoms with Crippen molar-refractivity contribution in [2.24, 2.45) is 5.73 Å². The lowest BCUT2D eigenvalue weighted by atomic mass is 10.0. The minimum absolute atomic E-state index is 0.0761. The Balaban J connectivity index is 2.58. The van der Waals surface area contributed by atoms with Crippen LogP contribution in [0.4, 0.5) is 0 Å². The molecule has 82 valence electrons. The summed E-state index contributed by atoms with van der Waals surface area (Å²) in [5.41, 5.74) is 6.31. The second-order valence-corrected chi connectivity index (χ2v) is 3.67. The van der Waals surface area contributed by atoms with Crippen LogP contribution in [0.3, 0.4) is 0 Å². The van der Waals surface area contributed by atoms with Crippen molar-refractivity contribution in [3.63, 3.8) is 0 Å². The SMILES string of the molecule is COc1ccc(C(=O)CC[C@H](C)N)cc1. The molecule has 0 saturated carbocycles. The number of ether oxygens (including phenoxy) is 1. The Morgan fingerprint density at radius 1 is 1.40 bits per heavy atom. The van der Waals surface area contributed by atoms with Crippen molar-refractivity contribution in [2.75, 3.05) is 7.11 Å². The summed E-state index contributed by atoms with van der Waals surface area (Å²) in [7, 11) is 1.60. The van der Waals surface area contributed by atoms with E-state index < -0.39 is 0 Å². The minimum Gasteiger partial charge on any atom is -0.497 e. The van der Waals surface area contributed by atoms with Gasteiger partial charge in [-0.3, -0.25) is 4.79 Å². The van der Waals surface area contributed by atoms with E-state index in [0.29, 0.717) is 6.42 Å². The van der Waals surface area contributed by atoms with Crippen molar-refractivity contribution < 1.29 is 9.53 Å². The smallest absolute Gasteiger partial charge is 0.162 e. The van der Waals surface area contributed by atoms with Crippen LogP contribution in [-0.2, 0) is 0 Å². The molecular weight excluding hydrogens is 190 g/mol. The van der Waals surface area contributed by atoms with E-state index in [1.807, 2.05) is 6.92 Å². The van der Waals surface area contributed by atoms with Gasteiger partial charge >= 0.3 is 0 Å². The van der Waals surface area contributed by atoms with Gasteiger partial charge in [-0.05, 0) is 37.6 Å². The number of Topliss-reactive ketones (excluding diaryl/α,β-unsaturated/α-hetero) is 1. The van der Waals surface area contributed by atoms with E-state index in [4.69, 9.17) is 10.5 Å². The summed E-state index contributed by atoms with van der Waals surface area (Å²) in [6.45, 7) is 1.90. The summed E-state index contributed by atoms with van der Waals surface area (Å²) in [5.74, 6) is 0.897. The number of rotatable bonds is 5. The Bertz CT molecular complexity index is 317. The topological polar surface area (TPSA) is 52.3 Å². The Morgan fingerprint density at radius 3 is 2.47 bits per heavy atom. The first-order valence-corrected chi connectivity index (χ1v) is 5.06. The first kappa shape index (κ1) is 11.7. The molecule has 0 amide bonds. The van der Waals surface area contributed by atoms with E-state index in [-0.39, 0.29) is 11.8 Å². The molecule has 0 aromatic heterocycles. The van der Waals surface area contributed by atoms with Gasteiger partial charge in [-0.2, -0.15) is 0 Å². The molecule has 1 aromatic carbocycles. The van der Waals surface area contributed by atoms with Crippen LogP contribution in [0.15, 0.2) is 24.3 Å². The molecule has 1 rings (SSSR count). The number of carbonyl (C=O) groups excluding carboxylic acids is 1. The highest BCUT2D eigenvalue weighted by Gasteiger charge is 2.06. The Morgan fingerprint density at radius 2 is 2.00 bits per heavy atom. The third-order valence-corrected chi connectivity index (χ3v) is 2.24. The fraction of sp³-hybridized carbons (Fsp3) is 0.417. The molecule has 0 unspecified atom stereocenters. The number of benzene rings is 1. The molecule has 3 nitrogen and oxygen atoms in total. The molecule has 15 heavy (non-hydrogen) atoms. The molecule has 0 spiro atoms. The van der Waals surface area contributed by atoms with Gasteiger partial charge in [-0.25, -0.2) is 0 Å². The zero-order chi connectivity index (χ0) is 11.3. The summed E-state index contributed by atoms with van der Waals surface area (Å²) >= 11 is 0. The van der Waals surface area contributed by atoms with Crippen molar-refractivity contribution in [1.29, 1.82) is 0 Å². The quantitative estimate of drug-likeness (QED) is 0.751. The third kappa shape index (κ3) is 3.72. The first-order chi connectivity index (χ1) is 7.13. The molecule has 2 N–H and O–H groups in total. The lowest BCUT2D eigenvalue weighted by molar-refractivity contribution is 0.0978. The average molecular weight is 207 g/mol. The summed E-state index contributed by atoms with van der Waals surface area (Å²) in [4.78, 5) is 11.7. The summed E-state index contributed by atoms with van der Waals surface area (Å²) < 4.78 is 5.02. The monoisotopic (exact) mass is 207 g/mol.